The summed E-state index contributed by atoms with van der Waals surface area (Å²) < 4.78 is 0. The Labute approximate surface area is 140 Å². The van der Waals surface area contributed by atoms with Gasteiger partial charge in [-0.2, -0.15) is 0 Å². The van der Waals surface area contributed by atoms with Gasteiger partial charge in [0.25, 0.3) is 0 Å². The lowest BCUT2D eigenvalue weighted by molar-refractivity contribution is -0.00820. The molecule has 22 heavy (non-hydrogen) atoms. The number of carboxylic acids is 1. The van der Waals surface area contributed by atoms with Crippen LogP contribution in [0.1, 0.15) is 23.7 Å². The molecule has 128 valence electrons. The number of hydrogen-bond donors (Lipinski definition) is 2. The molecular formula is C16H29ClN2O3. The Hall–Kier alpha value is -1.14. The van der Waals surface area contributed by atoms with E-state index in [4.69, 9.17) is 5.11 Å². The number of halogens is 1. The molecule has 0 heterocycles. The molecule has 0 fully saturated rings. The van der Waals surface area contributed by atoms with Crippen molar-refractivity contribution in [3.63, 3.8) is 0 Å². The molecule has 0 atom stereocenters. The summed E-state index contributed by atoms with van der Waals surface area (Å²) in [7, 11) is 7.93. The molecule has 0 aliphatic heterocycles. The summed E-state index contributed by atoms with van der Waals surface area (Å²) in [6.07, 6.45) is 0.795. The molecular weight excluding hydrogens is 304 g/mol. The highest BCUT2D eigenvalue weighted by atomic mass is 35.5. The van der Waals surface area contributed by atoms with Gasteiger partial charge in [0.1, 0.15) is 0 Å². The average Bonchev–Trinajstić information content (AvgIpc) is 2.38. The number of carboxylic acid groups (broad SMARTS) is 1. The van der Waals surface area contributed by atoms with Crippen LogP contribution in [0.15, 0.2) is 30.3 Å². The van der Waals surface area contributed by atoms with Gasteiger partial charge in [-0.25, -0.2) is 4.79 Å². The molecule has 0 bridgehead atoms. The lowest BCUT2D eigenvalue weighted by atomic mass is 10.00. The highest BCUT2D eigenvalue weighted by Gasteiger charge is 2.25. The molecule has 0 amide bonds. The third-order valence-electron chi connectivity index (χ3n) is 2.90. The summed E-state index contributed by atoms with van der Waals surface area (Å²) in [6, 6.07) is 8.30. The van der Waals surface area contributed by atoms with Crippen molar-refractivity contribution < 1.29 is 15.0 Å². The van der Waals surface area contributed by atoms with Crippen LogP contribution < -0.4 is 0 Å². The Kier molecular flexibility index (Phi) is 12.0. The van der Waals surface area contributed by atoms with Crippen LogP contribution in [0.3, 0.4) is 0 Å². The second kappa shape index (κ2) is 11.4. The SMILES string of the molecule is CCC(O)(CN(C)C)CN(C)C.Cl.O=C(O)c1ccccc1. The van der Waals surface area contributed by atoms with E-state index < -0.39 is 11.6 Å². The molecule has 1 aromatic rings. The van der Waals surface area contributed by atoms with Gasteiger partial charge in [0.15, 0.2) is 0 Å². The minimum absolute atomic E-state index is 0. The molecule has 2 N–H and O–H groups in total. The smallest absolute Gasteiger partial charge is 0.335 e. The van der Waals surface area contributed by atoms with Crippen LogP contribution in [0.4, 0.5) is 0 Å². The first kappa shape index (κ1) is 23.1. The fourth-order valence-electron chi connectivity index (χ4n) is 2.03. The number of hydrogen-bond acceptors (Lipinski definition) is 4. The fourth-order valence-corrected chi connectivity index (χ4v) is 2.03. The van der Waals surface area contributed by atoms with Gasteiger partial charge in [-0.15, -0.1) is 12.4 Å². The molecule has 0 aromatic heterocycles. The first-order valence-electron chi connectivity index (χ1n) is 7.00. The Balaban J connectivity index is 0. The molecule has 0 spiro atoms. The van der Waals surface area contributed by atoms with Crippen molar-refractivity contribution in [1.29, 1.82) is 0 Å². The van der Waals surface area contributed by atoms with Gasteiger partial charge in [-0.3, -0.25) is 0 Å². The first-order chi connectivity index (χ1) is 9.70. The van der Waals surface area contributed by atoms with Crippen LogP contribution in [-0.2, 0) is 0 Å². The Morgan fingerprint density at radius 1 is 1.05 bits per heavy atom. The number of aromatic carboxylic acids is 1. The third-order valence-corrected chi connectivity index (χ3v) is 2.90. The minimum Gasteiger partial charge on any atom is -0.478 e. The van der Waals surface area contributed by atoms with Gasteiger partial charge >= 0.3 is 5.97 Å². The Morgan fingerprint density at radius 2 is 1.45 bits per heavy atom. The van der Waals surface area contributed by atoms with Crippen molar-refractivity contribution in [3.05, 3.63) is 35.9 Å². The molecule has 0 saturated carbocycles. The molecule has 6 heteroatoms. The Morgan fingerprint density at radius 3 is 1.68 bits per heavy atom. The van der Waals surface area contributed by atoms with Gasteiger partial charge in [-0.05, 0) is 46.7 Å². The predicted molar refractivity (Wildman–Crippen MR) is 93.0 cm³/mol. The summed E-state index contributed by atoms with van der Waals surface area (Å²) in [5.41, 5.74) is -0.231. The quantitative estimate of drug-likeness (QED) is 0.835. The molecule has 1 aromatic carbocycles. The van der Waals surface area contributed by atoms with Gasteiger partial charge in [-0.1, -0.05) is 25.1 Å². The van der Waals surface area contributed by atoms with Crippen molar-refractivity contribution in [3.8, 4) is 0 Å². The zero-order valence-corrected chi connectivity index (χ0v) is 14.9. The van der Waals surface area contributed by atoms with Crippen LogP contribution >= 0.6 is 12.4 Å². The van der Waals surface area contributed by atoms with E-state index >= 15 is 0 Å². The van der Waals surface area contributed by atoms with E-state index in [2.05, 4.69) is 0 Å². The summed E-state index contributed by atoms with van der Waals surface area (Å²) in [5, 5.41) is 18.5. The zero-order valence-electron chi connectivity index (χ0n) is 14.1. The number of benzene rings is 1. The van der Waals surface area contributed by atoms with Gasteiger partial charge < -0.3 is 20.0 Å². The molecule has 0 aliphatic carbocycles. The van der Waals surface area contributed by atoms with Gasteiger partial charge in [0, 0.05) is 13.1 Å². The fraction of sp³-hybridized carbons (Fsp3) is 0.562. The predicted octanol–water partition coefficient (Wildman–Crippen LogP) is 2.06. The minimum atomic E-state index is -0.879. The number of rotatable bonds is 6. The maximum atomic E-state index is 10.2. The van der Waals surface area contributed by atoms with E-state index in [1.54, 1.807) is 30.3 Å². The van der Waals surface area contributed by atoms with Crippen LogP contribution in [0.5, 0.6) is 0 Å². The second-order valence-electron chi connectivity index (χ2n) is 5.72. The topological polar surface area (TPSA) is 64.0 Å². The summed E-state index contributed by atoms with van der Waals surface area (Å²) in [4.78, 5) is 14.2. The first-order valence-corrected chi connectivity index (χ1v) is 7.00. The average molecular weight is 333 g/mol. The second-order valence-corrected chi connectivity index (χ2v) is 5.72. The van der Waals surface area contributed by atoms with Crippen LogP contribution in [0.25, 0.3) is 0 Å². The largest absolute Gasteiger partial charge is 0.478 e. The molecule has 0 radical (unpaired) electrons. The van der Waals surface area contributed by atoms with Crippen LogP contribution in [0.2, 0.25) is 0 Å². The van der Waals surface area contributed by atoms with Crippen molar-refractivity contribution in [2.45, 2.75) is 18.9 Å². The monoisotopic (exact) mass is 332 g/mol. The number of likely N-dealkylation sites (N-methyl/N-ethyl adjacent to an activating group) is 2. The maximum absolute atomic E-state index is 10.2. The number of carbonyl (C=O) groups is 1. The number of nitrogens with zero attached hydrogens (tertiary/aromatic N) is 2. The normalized spacial score (nSPS) is 10.7. The summed E-state index contributed by atoms with van der Waals surface area (Å²) >= 11 is 0. The van der Waals surface area contributed by atoms with Gasteiger partial charge in [0.05, 0.1) is 11.2 Å². The molecule has 5 nitrogen and oxygen atoms in total. The third kappa shape index (κ3) is 10.6. The lowest BCUT2D eigenvalue weighted by Crippen LogP contribution is -2.47. The van der Waals surface area contributed by atoms with E-state index in [1.807, 2.05) is 44.9 Å². The van der Waals surface area contributed by atoms with Gasteiger partial charge in [0.2, 0.25) is 0 Å². The maximum Gasteiger partial charge on any atom is 0.335 e. The zero-order chi connectivity index (χ0) is 16.5. The Bertz CT molecular complexity index is 401. The number of aliphatic hydroxyl groups is 1. The van der Waals surface area contributed by atoms with E-state index in [9.17, 15) is 9.90 Å². The van der Waals surface area contributed by atoms with E-state index in [0.717, 1.165) is 19.5 Å². The molecule has 0 aliphatic rings. The highest BCUT2D eigenvalue weighted by molar-refractivity contribution is 5.87. The summed E-state index contributed by atoms with van der Waals surface area (Å²) in [5.74, 6) is -0.879. The molecule has 0 unspecified atom stereocenters. The standard InChI is InChI=1S/C9H22N2O.C7H6O2.ClH/c1-6-9(12,7-10(2)3)8-11(4)5;8-7(9)6-4-2-1-3-5-6;/h12H,6-8H2,1-5H3;1-5H,(H,8,9);1H. The lowest BCUT2D eigenvalue weighted by Gasteiger charge is -2.32. The van der Waals surface area contributed by atoms with Crippen molar-refractivity contribution in [1.82, 2.24) is 9.80 Å². The van der Waals surface area contributed by atoms with Crippen LogP contribution in [0, 0.1) is 0 Å². The summed E-state index contributed by atoms with van der Waals surface area (Å²) in [6.45, 7) is 3.47. The van der Waals surface area contributed by atoms with Crippen molar-refractivity contribution in [2.75, 3.05) is 41.3 Å². The van der Waals surface area contributed by atoms with Crippen LogP contribution in [-0.4, -0.2) is 72.9 Å². The van der Waals surface area contributed by atoms with Crippen molar-refractivity contribution in [2.24, 2.45) is 0 Å². The van der Waals surface area contributed by atoms with E-state index in [-0.39, 0.29) is 12.4 Å². The van der Waals surface area contributed by atoms with E-state index in [1.165, 1.54) is 0 Å². The van der Waals surface area contributed by atoms with E-state index in [0.29, 0.717) is 5.56 Å². The highest BCUT2D eigenvalue weighted by Crippen LogP contribution is 2.11. The molecule has 1 rings (SSSR count). The van der Waals surface area contributed by atoms with Crippen molar-refractivity contribution >= 4 is 18.4 Å². The molecule has 0 saturated heterocycles.